The third-order valence-electron chi connectivity index (χ3n) is 3.93. The van der Waals surface area contributed by atoms with E-state index in [1.807, 2.05) is 31.2 Å². The molecular weight excluding hydrogens is 298 g/mol. The molecule has 126 valence electrons. The molecular formula is C17H23NO5. The molecule has 6 heteroatoms. The van der Waals surface area contributed by atoms with Crippen LogP contribution in [0.1, 0.15) is 25.3 Å². The molecule has 2 unspecified atom stereocenters. The fourth-order valence-electron chi connectivity index (χ4n) is 2.72. The maximum absolute atomic E-state index is 12.5. The van der Waals surface area contributed by atoms with Crippen LogP contribution in [0.5, 0.6) is 5.75 Å². The van der Waals surface area contributed by atoms with Gasteiger partial charge in [-0.05, 0) is 24.1 Å². The van der Waals surface area contributed by atoms with Crippen LogP contribution in [0.15, 0.2) is 24.3 Å². The van der Waals surface area contributed by atoms with Crippen molar-refractivity contribution in [3.05, 3.63) is 29.8 Å². The van der Waals surface area contributed by atoms with Gasteiger partial charge in [0.2, 0.25) is 5.91 Å². The summed E-state index contributed by atoms with van der Waals surface area (Å²) in [6.07, 6.45) is 1.18. The van der Waals surface area contributed by atoms with Crippen LogP contribution in [0.3, 0.4) is 0 Å². The average Bonchev–Trinajstić information content (AvgIpc) is 2.98. The van der Waals surface area contributed by atoms with E-state index in [0.29, 0.717) is 19.6 Å². The lowest BCUT2D eigenvalue weighted by molar-refractivity contribution is -0.148. The summed E-state index contributed by atoms with van der Waals surface area (Å²) >= 11 is 0. The molecule has 1 aromatic rings. The van der Waals surface area contributed by atoms with Gasteiger partial charge in [-0.15, -0.1) is 0 Å². The summed E-state index contributed by atoms with van der Waals surface area (Å²) in [5, 5.41) is 9.28. The van der Waals surface area contributed by atoms with Crippen LogP contribution in [-0.2, 0) is 20.7 Å². The number of likely N-dealkylation sites (tertiary alicyclic amines) is 1. The van der Waals surface area contributed by atoms with Crippen LogP contribution < -0.4 is 4.74 Å². The number of methoxy groups -OCH3 is 1. The number of carbonyl (C=O) groups excluding carboxylic acids is 1. The zero-order valence-corrected chi connectivity index (χ0v) is 13.5. The smallest absolute Gasteiger partial charge is 0.326 e. The second-order valence-corrected chi connectivity index (χ2v) is 5.67. The predicted octanol–water partition coefficient (Wildman–Crippen LogP) is 1.72. The van der Waals surface area contributed by atoms with Gasteiger partial charge in [0, 0.05) is 20.1 Å². The van der Waals surface area contributed by atoms with E-state index < -0.39 is 12.0 Å². The molecule has 0 saturated carbocycles. The lowest BCUT2D eigenvalue weighted by atomic mass is 10.1. The lowest BCUT2D eigenvalue weighted by Crippen LogP contribution is -2.41. The van der Waals surface area contributed by atoms with Crippen molar-refractivity contribution in [1.29, 1.82) is 0 Å². The van der Waals surface area contributed by atoms with Crippen molar-refractivity contribution >= 4 is 11.9 Å². The van der Waals surface area contributed by atoms with Gasteiger partial charge in [0.05, 0.1) is 19.1 Å². The monoisotopic (exact) mass is 321 g/mol. The van der Waals surface area contributed by atoms with Gasteiger partial charge >= 0.3 is 5.97 Å². The van der Waals surface area contributed by atoms with E-state index in [0.717, 1.165) is 17.7 Å². The minimum atomic E-state index is -0.988. The van der Waals surface area contributed by atoms with E-state index in [9.17, 15) is 14.7 Å². The van der Waals surface area contributed by atoms with Crippen molar-refractivity contribution < 1.29 is 24.2 Å². The molecule has 0 aliphatic carbocycles. The first-order chi connectivity index (χ1) is 11.0. The minimum absolute atomic E-state index is 0.156. The number of rotatable bonds is 7. The average molecular weight is 321 g/mol. The first kappa shape index (κ1) is 17.3. The second-order valence-electron chi connectivity index (χ2n) is 5.67. The van der Waals surface area contributed by atoms with E-state index in [2.05, 4.69) is 0 Å². The molecule has 2 atom stereocenters. The van der Waals surface area contributed by atoms with Crippen LogP contribution >= 0.6 is 0 Å². The fourth-order valence-corrected chi connectivity index (χ4v) is 2.72. The Labute approximate surface area is 136 Å². The van der Waals surface area contributed by atoms with Gasteiger partial charge in [-0.25, -0.2) is 4.79 Å². The van der Waals surface area contributed by atoms with Gasteiger partial charge in [0.1, 0.15) is 11.8 Å². The molecule has 1 saturated heterocycles. The number of nitrogens with zero attached hydrogens (tertiary/aromatic N) is 1. The molecule has 1 aliphatic heterocycles. The number of carbonyl (C=O) groups is 2. The van der Waals surface area contributed by atoms with Crippen molar-refractivity contribution in [3.63, 3.8) is 0 Å². The summed E-state index contributed by atoms with van der Waals surface area (Å²) in [6.45, 7) is 2.97. The largest absolute Gasteiger partial charge is 0.494 e. The molecule has 1 aromatic carbocycles. The van der Waals surface area contributed by atoms with E-state index in [-0.39, 0.29) is 18.4 Å². The fraction of sp³-hybridized carbons (Fsp3) is 0.529. The highest BCUT2D eigenvalue weighted by molar-refractivity contribution is 5.85. The Bertz CT molecular complexity index is 560. The predicted molar refractivity (Wildman–Crippen MR) is 84.5 cm³/mol. The van der Waals surface area contributed by atoms with Crippen LogP contribution in [0, 0.1) is 0 Å². The summed E-state index contributed by atoms with van der Waals surface area (Å²) < 4.78 is 10.8. The van der Waals surface area contributed by atoms with E-state index in [4.69, 9.17) is 9.47 Å². The molecule has 2 rings (SSSR count). The topological polar surface area (TPSA) is 76.1 Å². The van der Waals surface area contributed by atoms with Crippen LogP contribution in [0.2, 0.25) is 0 Å². The molecule has 0 spiro atoms. The number of benzene rings is 1. The second kappa shape index (κ2) is 7.97. The third kappa shape index (κ3) is 4.45. The van der Waals surface area contributed by atoms with Crippen molar-refractivity contribution in [1.82, 2.24) is 4.90 Å². The SMILES string of the molecule is CCCOc1cccc(CC(=O)N2CC(OC)CC2C(=O)O)c1. The first-order valence-electron chi connectivity index (χ1n) is 7.82. The highest BCUT2D eigenvalue weighted by atomic mass is 16.5. The summed E-state index contributed by atoms with van der Waals surface area (Å²) in [4.78, 5) is 25.2. The van der Waals surface area contributed by atoms with Gasteiger partial charge in [0.25, 0.3) is 0 Å². The zero-order chi connectivity index (χ0) is 16.8. The molecule has 0 aromatic heterocycles. The van der Waals surface area contributed by atoms with Crippen LogP contribution in [0.4, 0.5) is 0 Å². The number of hydrogen-bond donors (Lipinski definition) is 1. The molecule has 1 aliphatic rings. The Morgan fingerprint density at radius 3 is 2.83 bits per heavy atom. The molecule has 0 bridgehead atoms. The summed E-state index contributed by atoms with van der Waals surface area (Å²) in [5.74, 6) is -0.467. The first-order valence-corrected chi connectivity index (χ1v) is 7.82. The Morgan fingerprint density at radius 1 is 1.39 bits per heavy atom. The van der Waals surface area contributed by atoms with Crippen molar-refractivity contribution in [3.8, 4) is 5.75 Å². The molecule has 1 fully saturated rings. The number of carboxylic acids is 1. The highest BCUT2D eigenvalue weighted by Gasteiger charge is 2.39. The quantitative estimate of drug-likeness (QED) is 0.827. The van der Waals surface area contributed by atoms with Gasteiger partial charge in [-0.2, -0.15) is 0 Å². The normalized spacial score (nSPS) is 20.5. The van der Waals surface area contributed by atoms with Gasteiger partial charge in [-0.3, -0.25) is 4.79 Å². The molecule has 23 heavy (non-hydrogen) atoms. The van der Waals surface area contributed by atoms with Gasteiger partial charge < -0.3 is 19.5 Å². The maximum Gasteiger partial charge on any atom is 0.326 e. The Kier molecular flexibility index (Phi) is 5.98. The summed E-state index contributed by atoms with van der Waals surface area (Å²) in [6, 6.07) is 6.54. The zero-order valence-electron chi connectivity index (χ0n) is 13.5. The molecule has 1 N–H and O–H groups in total. The van der Waals surface area contributed by atoms with Gasteiger partial charge in [-0.1, -0.05) is 19.1 Å². The summed E-state index contributed by atoms with van der Waals surface area (Å²) in [7, 11) is 1.53. The molecule has 1 amide bonds. The number of ether oxygens (including phenoxy) is 2. The van der Waals surface area contributed by atoms with Crippen molar-refractivity contribution in [2.75, 3.05) is 20.3 Å². The van der Waals surface area contributed by atoms with E-state index >= 15 is 0 Å². The summed E-state index contributed by atoms with van der Waals surface area (Å²) in [5.41, 5.74) is 0.814. The number of hydrogen-bond acceptors (Lipinski definition) is 4. The standard InChI is InChI=1S/C17H23NO5/c1-3-7-23-13-6-4-5-12(8-13)9-16(19)18-11-14(22-2)10-15(18)17(20)21/h4-6,8,14-15H,3,7,9-11H2,1-2H3,(H,20,21). The van der Waals surface area contributed by atoms with Crippen LogP contribution in [0.25, 0.3) is 0 Å². The lowest BCUT2D eigenvalue weighted by Gasteiger charge is -2.21. The number of aliphatic carboxylic acids is 1. The van der Waals surface area contributed by atoms with E-state index in [1.165, 1.54) is 12.0 Å². The third-order valence-corrected chi connectivity index (χ3v) is 3.93. The van der Waals surface area contributed by atoms with Gasteiger partial charge in [0.15, 0.2) is 0 Å². The molecule has 1 heterocycles. The maximum atomic E-state index is 12.5. The van der Waals surface area contributed by atoms with E-state index in [1.54, 1.807) is 0 Å². The molecule has 0 radical (unpaired) electrons. The van der Waals surface area contributed by atoms with Crippen molar-refractivity contribution in [2.45, 2.75) is 38.3 Å². The van der Waals surface area contributed by atoms with Crippen molar-refractivity contribution in [2.24, 2.45) is 0 Å². The Morgan fingerprint density at radius 2 is 2.17 bits per heavy atom. The molecule has 6 nitrogen and oxygen atoms in total. The number of carboxylic acid groups (broad SMARTS) is 1. The van der Waals surface area contributed by atoms with Crippen LogP contribution in [-0.4, -0.2) is 54.3 Å². The Hall–Kier alpha value is -2.08. The Balaban J connectivity index is 2.04. The minimum Gasteiger partial charge on any atom is -0.494 e. The number of amides is 1. The highest BCUT2D eigenvalue weighted by Crippen LogP contribution is 2.22.